The molecule has 0 radical (unpaired) electrons. The molecule has 0 aromatic heterocycles. The quantitative estimate of drug-likeness (QED) is 0.445. The first-order chi connectivity index (χ1) is 4.31. The molecule has 0 aliphatic heterocycles. The summed E-state index contributed by atoms with van der Waals surface area (Å²) in [6.45, 7) is 2.00. The Bertz CT molecular complexity index is 79.0. The van der Waals surface area contributed by atoms with Gasteiger partial charge in [-0.15, -0.1) is 23.2 Å². The molecule has 0 aromatic rings. The lowest BCUT2D eigenvalue weighted by Gasteiger charge is -1.99. The molecule has 0 saturated heterocycles. The zero-order valence-electron chi connectivity index (χ0n) is 5.61. The Labute approximate surface area is 66.8 Å². The minimum atomic E-state index is 0.142. The molecule has 0 aliphatic carbocycles. The van der Waals surface area contributed by atoms with E-state index in [1.54, 1.807) is 0 Å². The molecule has 0 aliphatic rings. The summed E-state index contributed by atoms with van der Waals surface area (Å²) in [7, 11) is 0. The number of hydrogen-bond donors (Lipinski definition) is 0. The highest BCUT2D eigenvalue weighted by atomic mass is 35.5. The molecule has 9 heavy (non-hydrogen) atoms. The van der Waals surface area contributed by atoms with E-state index in [0.29, 0.717) is 5.88 Å². The van der Waals surface area contributed by atoms with E-state index in [9.17, 15) is 0 Å². The van der Waals surface area contributed by atoms with E-state index in [1.807, 2.05) is 13.0 Å². The molecular formula is C7H12Cl2. The van der Waals surface area contributed by atoms with Crippen LogP contribution in [0.2, 0.25) is 0 Å². The monoisotopic (exact) mass is 166 g/mol. The molecule has 0 bridgehead atoms. The van der Waals surface area contributed by atoms with Crippen molar-refractivity contribution in [3.05, 3.63) is 12.2 Å². The van der Waals surface area contributed by atoms with Crippen LogP contribution in [-0.4, -0.2) is 11.3 Å². The van der Waals surface area contributed by atoms with Crippen LogP contribution in [0.3, 0.4) is 0 Å². The Hall–Kier alpha value is 0.320. The number of allylic oxidation sites excluding steroid dienone is 2. The van der Waals surface area contributed by atoms with Gasteiger partial charge in [0, 0.05) is 11.3 Å². The van der Waals surface area contributed by atoms with Crippen LogP contribution in [0.25, 0.3) is 0 Å². The minimum absolute atomic E-state index is 0.142. The molecule has 0 aromatic carbocycles. The van der Waals surface area contributed by atoms with Gasteiger partial charge < -0.3 is 0 Å². The Kier molecular flexibility index (Phi) is 6.67. The first kappa shape index (κ1) is 9.32. The van der Waals surface area contributed by atoms with Crippen molar-refractivity contribution in [1.82, 2.24) is 0 Å². The zero-order chi connectivity index (χ0) is 7.11. The zero-order valence-corrected chi connectivity index (χ0v) is 7.12. The van der Waals surface area contributed by atoms with Gasteiger partial charge in [0.15, 0.2) is 0 Å². The minimum Gasteiger partial charge on any atom is -0.125 e. The highest BCUT2D eigenvalue weighted by molar-refractivity contribution is 6.28. The second-order valence-electron chi connectivity index (χ2n) is 1.90. The van der Waals surface area contributed by atoms with Gasteiger partial charge in [0.05, 0.1) is 0 Å². The van der Waals surface area contributed by atoms with Crippen LogP contribution in [-0.2, 0) is 0 Å². The lowest BCUT2D eigenvalue weighted by molar-refractivity contribution is 0.827. The topological polar surface area (TPSA) is 0 Å². The third kappa shape index (κ3) is 6.20. The molecule has 0 rings (SSSR count). The van der Waals surface area contributed by atoms with Gasteiger partial charge in [-0.25, -0.2) is 0 Å². The van der Waals surface area contributed by atoms with E-state index in [-0.39, 0.29) is 5.38 Å². The van der Waals surface area contributed by atoms with E-state index in [0.717, 1.165) is 12.8 Å². The number of rotatable bonds is 4. The second-order valence-corrected chi connectivity index (χ2v) is 2.82. The standard InChI is InChI=1S/C7H12Cl2/c1-2-3-4-5-7(9)6-8/h2-3,7H,4-6H2,1H3/b3-2+. The summed E-state index contributed by atoms with van der Waals surface area (Å²) in [5, 5.41) is 0.142. The third-order valence-corrected chi connectivity index (χ3v) is 1.95. The van der Waals surface area contributed by atoms with Gasteiger partial charge in [0.1, 0.15) is 0 Å². The van der Waals surface area contributed by atoms with Gasteiger partial charge in [0.25, 0.3) is 0 Å². The molecule has 0 fully saturated rings. The highest BCUT2D eigenvalue weighted by Gasteiger charge is 1.98. The van der Waals surface area contributed by atoms with Gasteiger partial charge in [-0.1, -0.05) is 12.2 Å². The molecule has 0 saturated carbocycles. The van der Waals surface area contributed by atoms with Crippen LogP contribution in [0.15, 0.2) is 12.2 Å². The van der Waals surface area contributed by atoms with Gasteiger partial charge >= 0.3 is 0 Å². The van der Waals surface area contributed by atoms with Crippen molar-refractivity contribution in [2.24, 2.45) is 0 Å². The van der Waals surface area contributed by atoms with E-state index >= 15 is 0 Å². The Morgan fingerprint density at radius 2 is 2.22 bits per heavy atom. The van der Waals surface area contributed by atoms with Crippen molar-refractivity contribution < 1.29 is 0 Å². The van der Waals surface area contributed by atoms with Crippen molar-refractivity contribution >= 4 is 23.2 Å². The SMILES string of the molecule is C/C=C/CCC(Cl)CCl. The molecule has 0 amide bonds. The maximum Gasteiger partial charge on any atom is 0.0474 e. The average molecular weight is 167 g/mol. The number of alkyl halides is 2. The Morgan fingerprint density at radius 3 is 2.67 bits per heavy atom. The van der Waals surface area contributed by atoms with E-state index < -0.39 is 0 Å². The predicted octanol–water partition coefficient (Wildman–Crippen LogP) is 3.19. The Morgan fingerprint density at radius 1 is 1.56 bits per heavy atom. The third-order valence-electron chi connectivity index (χ3n) is 1.05. The molecule has 1 atom stereocenters. The van der Waals surface area contributed by atoms with Crippen molar-refractivity contribution in [2.75, 3.05) is 5.88 Å². The molecule has 0 nitrogen and oxygen atoms in total. The molecule has 54 valence electrons. The number of halogens is 2. The fraction of sp³-hybridized carbons (Fsp3) is 0.714. The Balaban J connectivity index is 3.06. The van der Waals surface area contributed by atoms with Crippen molar-refractivity contribution in [2.45, 2.75) is 25.1 Å². The summed E-state index contributed by atoms with van der Waals surface area (Å²) in [5.41, 5.74) is 0. The van der Waals surface area contributed by atoms with Crippen LogP contribution in [0.1, 0.15) is 19.8 Å². The van der Waals surface area contributed by atoms with Crippen LogP contribution in [0, 0.1) is 0 Å². The van der Waals surface area contributed by atoms with Gasteiger partial charge in [-0.05, 0) is 19.8 Å². The van der Waals surface area contributed by atoms with Gasteiger partial charge in [-0.2, -0.15) is 0 Å². The molecule has 1 unspecified atom stereocenters. The molecule has 0 spiro atoms. The lowest BCUT2D eigenvalue weighted by atomic mass is 10.2. The van der Waals surface area contributed by atoms with E-state index in [1.165, 1.54) is 0 Å². The summed E-state index contributed by atoms with van der Waals surface area (Å²) in [5.74, 6) is 0.555. The van der Waals surface area contributed by atoms with Crippen molar-refractivity contribution in [3.8, 4) is 0 Å². The summed E-state index contributed by atoms with van der Waals surface area (Å²) in [4.78, 5) is 0. The summed E-state index contributed by atoms with van der Waals surface area (Å²) in [6.07, 6.45) is 6.15. The lowest BCUT2D eigenvalue weighted by Crippen LogP contribution is -1.97. The average Bonchev–Trinajstić information content (AvgIpc) is 1.89. The summed E-state index contributed by atoms with van der Waals surface area (Å²) >= 11 is 11.2. The van der Waals surface area contributed by atoms with Crippen LogP contribution in [0.4, 0.5) is 0 Å². The highest BCUT2D eigenvalue weighted by Crippen LogP contribution is 2.07. The van der Waals surface area contributed by atoms with Crippen LogP contribution < -0.4 is 0 Å². The predicted molar refractivity (Wildman–Crippen MR) is 44.4 cm³/mol. The van der Waals surface area contributed by atoms with E-state index in [2.05, 4.69) is 6.08 Å². The summed E-state index contributed by atoms with van der Waals surface area (Å²) < 4.78 is 0. The smallest absolute Gasteiger partial charge is 0.0474 e. The molecule has 2 heteroatoms. The first-order valence-corrected chi connectivity index (χ1v) is 4.09. The number of hydrogen-bond acceptors (Lipinski definition) is 0. The van der Waals surface area contributed by atoms with Crippen molar-refractivity contribution in [1.29, 1.82) is 0 Å². The maximum absolute atomic E-state index is 5.74. The first-order valence-electron chi connectivity index (χ1n) is 3.12. The molecule has 0 N–H and O–H groups in total. The molecule has 0 heterocycles. The fourth-order valence-corrected chi connectivity index (χ4v) is 0.801. The fourth-order valence-electron chi connectivity index (χ4n) is 0.521. The molecular weight excluding hydrogens is 155 g/mol. The van der Waals surface area contributed by atoms with Gasteiger partial charge in [-0.3, -0.25) is 0 Å². The maximum atomic E-state index is 5.74. The largest absolute Gasteiger partial charge is 0.125 e. The normalized spacial score (nSPS) is 14.6. The van der Waals surface area contributed by atoms with Crippen molar-refractivity contribution in [3.63, 3.8) is 0 Å². The van der Waals surface area contributed by atoms with Gasteiger partial charge in [0.2, 0.25) is 0 Å². The summed E-state index contributed by atoms with van der Waals surface area (Å²) in [6, 6.07) is 0. The second kappa shape index (κ2) is 6.44. The van der Waals surface area contributed by atoms with E-state index in [4.69, 9.17) is 23.2 Å². The van der Waals surface area contributed by atoms with Crippen LogP contribution >= 0.6 is 23.2 Å². The van der Waals surface area contributed by atoms with Crippen LogP contribution in [0.5, 0.6) is 0 Å².